The third-order valence-corrected chi connectivity index (χ3v) is 6.66. The number of rotatable bonds is 7. The lowest BCUT2D eigenvalue weighted by atomic mass is 9.96. The largest absolute Gasteiger partial charge is 0.497 e. The normalized spacial score (nSPS) is 15.1. The van der Waals surface area contributed by atoms with Crippen molar-refractivity contribution >= 4 is 29.4 Å². The summed E-state index contributed by atoms with van der Waals surface area (Å²) in [6.45, 7) is 5.23. The van der Waals surface area contributed by atoms with Gasteiger partial charge in [-0.05, 0) is 55.3 Å². The number of carbonyl (C=O) groups is 2. The van der Waals surface area contributed by atoms with Crippen LogP contribution >= 0.6 is 11.3 Å². The number of nitrogens with zero attached hydrogens (tertiary/aromatic N) is 2. The molecule has 0 bridgehead atoms. The number of carbonyl (C=O) groups excluding carboxylic acids is 2. The fourth-order valence-corrected chi connectivity index (χ4v) is 5.11. The summed E-state index contributed by atoms with van der Waals surface area (Å²) in [5.74, 6) is 0.319. The maximum atomic E-state index is 13.7. The van der Waals surface area contributed by atoms with Crippen molar-refractivity contribution < 1.29 is 28.5 Å². The van der Waals surface area contributed by atoms with Gasteiger partial charge >= 0.3 is 11.9 Å². The topological polar surface area (TPSA) is 105 Å². The van der Waals surface area contributed by atoms with E-state index in [1.165, 1.54) is 29.9 Å². The van der Waals surface area contributed by atoms with Crippen molar-refractivity contribution in [2.75, 3.05) is 20.8 Å². The van der Waals surface area contributed by atoms with Gasteiger partial charge in [-0.25, -0.2) is 9.79 Å². The van der Waals surface area contributed by atoms with E-state index < -0.39 is 18.0 Å². The lowest BCUT2D eigenvalue weighted by molar-refractivity contribution is -0.136. The lowest BCUT2D eigenvalue weighted by Crippen LogP contribution is -2.39. The molecular weight excluding hydrogens is 496 g/mol. The average Bonchev–Trinajstić information content (AvgIpc) is 3.18. The monoisotopic (exact) mass is 522 g/mol. The molecule has 0 N–H and O–H groups in total. The molecule has 1 atom stereocenters. The quantitative estimate of drug-likeness (QED) is 0.347. The van der Waals surface area contributed by atoms with Crippen LogP contribution in [0.5, 0.6) is 17.2 Å². The number of methoxy groups -OCH3 is 2. The number of esters is 2. The molecule has 0 radical (unpaired) electrons. The number of aromatic nitrogens is 1. The van der Waals surface area contributed by atoms with Crippen LogP contribution in [0.3, 0.4) is 0 Å². The summed E-state index contributed by atoms with van der Waals surface area (Å²) in [6.07, 6.45) is 1.71. The highest BCUT2D eigenvalue weighted by Gasteiger charge is 2.33. The first kappa shape index (κ1) is 25.9. The Morgan fingerprint density at radius 3 is 2.46 bits per heavy atom. The van der Waals surface area contributed by atoms with E-state index in [9.17, 15) is 14.4 Å². The summed E-state index contributed by atoms with van der Waals surface area (Å²) in [5.41, 5.74) is 1.85. The number of ether oxygens (including phenoxy) is 4. The first-order valence-electron chi connectivity index (χ1n) is 11.5. The van der Waals surface area contributed by atoms with Gasteiger partial charge in [0.2, 0.25) is 0 Å². The lowest BCUT2D eigenvalue weighted by Gasteiger charge is -2.24. The highest BCUT2D eigenvalue weighted by atomic mass is 32.1. The van der Waals surface area contributed by atoms with Gasteiger partial charge < -0.3 is 18.9 Å². The highest BCUT2D eigenvalue weighted by molar-refractivity contribution is 7.07. The van der Waals surface area contributed by atoms with Gasteiger partial charge in [-0.15, -0.1) is 0 Å². The van der Waals surface area contributed by atoms with E-state index in [0.29, 0.717) is 50.0 Å². The molecule has 1 aromatic heterocycles. The predicted octanol–water partition coefficient (Wildman–Crippen LogP) is 2.74. The SMILES string of the molecule is CCOc1cc(/C=c2\sc3n(c2=O)[C@H](c2ccc(OC)cc2)C(C(=O)OC)=C(C)N=3)ccc1OC(C)=O. The van der Waals surface area contributed by atoms with Crippen LogP contribution < -0.4 is 29.1 Å². The second-order valence-corrected chi connectivity index (χ2v) is 9.09. The van der Waals surface area contributed by atoms with E-state index in [-0.39, 0.29) is 11.1 Å². The van der Waals surface area contributed by atoms with Gasteiger partial charge in [0.05, 0.1) is 42.7 Å². The molecule has 0 fully saturated rings. The van der Waals surface area contributed by atoms with Crippen molar-refractivity contribution in [3.63, 3.8) is 0 Å². The second kappa shape index (κ2) is 10.8. The minimum Gasteiger partial charge on any atom is -0.497 e. The van der Waals surface area contributed by atoms with Gasteiger partial charge in [0, 0.05) is 6.92 Å². The number of hydrogen-bond donors (Lipinski definition) is 0. The molecule has 10 heteroatoms. The predicted molar refractivity (Wildman–Crippen MR) is 138 cm³/mol. The summed E-state index contributed by atoms with van der Waals surface area (Å²) in [4.78, 5) is 42.9. The molecule has 0 spiro atoms. The van der Waals surface area contributed by atoms with Crippen molar-refractivity contribution in [3.05, 3.63) is 84.5 Å². The fourth-order valence-electron chi connectivity index (χ4n) is 4.07. The molecule has 0 saturated heterocycles. The summed E-state index contributed by atoms with van der Waals surface area (Å²) in [7, 11) is 2.87. The molecule has 0 saturated carbocycles. The van der Waals surface area contributed by atoms with Gasteiger partial charge in [0.25, 0.3) is 5.56 Å². The Balaban J connectivity index is 1.88. The first-order chi connectivity index (χ1) is 17.8. The first-order valence-corrected chi connectivity index (χ1v) is 12.3. The van der Waals surface area contributed by atoms with Crippen molar-refractivity contribution in [1.82, 2.24) is 4.57 Å². The third-order valence-electron chi connectivity index (χ3n) is 5.68. The van der Waals surface area contributed by atoms with E-state index in [1.54, 1.807) is 50.4 Å². The van der Waals surface area contributed by atoms with Crippen LogP contribution in [-0.4, -0.2) is 37.3 Å². The Kier molecular flexibility index (Phi) is 7.58. The number of fused-ring (bicyclic) bond motifs is 1. The summed E-state index contributed by atoms with van der Waals surface area (Å²) in [5, 5.41) is 0. The smallest absolute Gasteiger partial charge is 0.338 e. The summed E-state index contributed by atoms with van der Waals surface area (Å²) in [6, 6.07) is 11.5. The Bertz CT molecular complexity index is 1570. The molecular formula is C27H26N2O7S. The van der Waals surface area contributed by atoms with E-state index in [2.05, 4.69) is 4.99 Å². The van der Waals surface area contributed by atoms with E-state index in [4.69, 9.17) is 18.9 Å². The second-order valence-electron chi connectivity index (χ2n) is 8.08. The molecule has 1 aliphatic rings. The number of hydrogen-bond acceptors (Lipinski definition) is 9. The standard InChI is InChI=1S/C27H26N2O7S/c1-6-35-21-13-17(7-12-20(21)36-16(3)30)14-22-25(31)29-24(18-8-10-19(33-4)11-9-18)23(26(32)34-5)15(2)28-27(29)37-22/h7-14,24H,6H2,1-5H3/b22-14-/t24-/m1/s1. The minimum atomic E-state index is -0.720. The van der Waals surface area contributed by atoms with Crippen LogP contribution in [0.15, 0.2) is 63.5 Å². The molecule has 0 unspecified atom stereocenters. The molecule has 4 rings (SSSR count). The third kappa shape index (κ3) is 5.19. The number of allylic oxidation sites excluding steroid dienone is 1. The van der Waals surface area contributed by atoms with Crippen LogP contribution in [0.25, 0.3) is 6.08 Å². The zero-order chi connectivity index (χ0) is 26.7. The molecule has 1 aliphatic heterocycles. The maximum absolute atomic E-state index is 13.7. The van der Waals surface area contributed by atoms with Gasteiger partial charge in [-0.2, -0.15) is 0 Å². The average molecular weight is 523 g/mol. The fraction of sp³-hybridized carbons (Fsp3) is 0.259. The van der Waals surface area contributed by atoms with Gasteiger partial charge in [-0.1, -0.05) is 29.5 Å². The van der Waals surface area contributed by atoms with Gasteiger partial charge in [-0.3, -0.25) is 14.2 Å². The van der Waals surface area contributed by atoms with E-state index >= 15 is 0 Å². The Morgan fingerprint density at radius 1 is 1.11 bits per heavy atom. The van der Waals surface area contributed by atoms with Crippen molar-refractivity contribution in [2.45, 2.75) is 26.8 Å². The molecule has 0 amide bonds. The molecule has 3 aromatic rings. The van der Waals surface area contributed by atoms with Crippen LogP contribution in [0.1, 0.15) is 37.9 Å². The zero-order valence-corrected chi connectivity index (χ0v) is 21.9. The zero-order valence-electron chi connectivity index (χ0n) is 21.1. The molecule has 2 aromatic carbocycles. The van der Waals surface area contributed by atoms with Gasteiger partial charge in [0.1, 0.15) is 5.75 Å². The molecule has 2 heterocycles. The molecule has 37 heavy (non-hydrogen) atoms. The van der Waals surface area contributed by atoms with Crippen molar-refractivity contribution in [2.24, 2.45) is 4.99 Å². The van der Waals surface area contributed by atoms with Gasteiger partial charge in [0.15, 0.2) is 16.3 Å². The summed E-state index contributed by atoms with van der Waals surface area (Å²) < 4.78 is 23.1. The van der Waals surface area contributed by atoms with Crippen LogP contribution in [0.4, 0.5) is 0 Å². The molecule has 192 valence electrons. The Morgan fingerprint density at radius 2 is 1.84 bits per heavy atom. The van der Waals surface area contributed by atoms with Crippen LogP contribution in [0.2, 0.25) is 0 Å². The highest BCUT2D eigenvalue weighted by Crippen LogP contribution is 2.32. The Labute approximate surface area is 216 Å². The van der Waals surface area contributed by atoms with Crippen LogP contribution in [0, 0.1) is 0 Å². The minimum absolute atomic E-state index is 0.288. The maximum Gasteiger partial charge on any atom is 0.338 e. The van der Waals surface area contributed by atoms with E-state index in [1.807, 2.05) is 19.1 Å². The molecule has 9 nitrogen and oxygen atoms in total. The van der Waals surface area contributed by atoms with Crippen LogP contribution in [-0.2, 0) is 14.3 Å². The van der Waals surface area contributed by atoms with Crippen molar-refractivity contribution in [3.8, 4) is 17.2 Å². The number of thiazole rings is 1. The summed E-state index contributed by atoms with van der Waals surface area (Å²) >= 11 is 1.21. The van der Waals surface area contributed by atoms with Crippen molar-refractivity contribution in [1.29, 1.82) is 0 Å². The molecule has 0 aliphatic carbocycles. The van der Waals surface area contributed by atoms with E-state index in [0.717, 1.165) is 0 Å². The Hall–Kier alpha value is -4.18. The number of benzene rings is 2.